The fourth-order valence-corrected chi connectivity index (χ4v) is 3.19. The Kier molecular flexibility index (Phi) is 5.52. The zero-order valence-corrected chi connectivity index (χ0v) is 15.9. The van der Waals surface area contributed by atoms with Crippen molar-refractivity contribution in [2.45, 2.75) is 12.8 Å². The summed E-state index contributed by atoms with van der Waals surface area (Å²) in [5.74, 6) is 0.927. The summed E-state index contributed by atoms with van der Waals surface area (Å²) in [6.07, 6.45) is 2.02. The van der Waals surface area contributed by atoms with Gasteiger partial charge in [0.25, 0.3) is 11.8 Å². The lowest BCUT2D eigenvalue weighted by Crippen LogP contribution is -2.29. The van der Waals surface area contributed by atoms with Gasteiger partial charge in [0.05, 0.1) is 0 Å². The molecule has 0 bridgehead atoms. The molecular formula is C23H21N3O3. The van der Waals surface area contributed by atoms with Crippen molar-refractivity contribution in [2.24, 2.45) is 0 Å². The molecular weight excluding hydrogens is 366 g/mol. The average Bonchev–Trinajstić information content (AvgIpc) is 3.30. The second-order valence-corrected chi connectivity index (χ2v) is 6.80. The van der Waals surface area contributed by atoms with Crippen LogP contribution in [0.3, 0.4) is 0 Å². The number of carbonyl (C=O) groups excluding carboxylic acids is 2. The van der Waals surface area contributed by atoms with Gasteiger partial charge >= 0.3 is 0 Å². The summed E-state index contributed by atoms with van der Waals surface area (Å²) in [5.41, 5.74) is 1.12. The minimum Gasteiger partial charge on any atom is -0.457 e. The van der Waals surface area contributed by atoms with Gasteiger partial charge in [-0.25, -0.2) is 4.98 Å². The van der Waals surface area contributed by atoms with E-state index in [9.17, 15) is 9.59 Å². The number of aromatic nitrogens is 1. The van der Waals surface area contributed by atoms with E-state index in [4.69, 9.17) is 4.74 Å². The summed E-state index contributed by atoms with van der Waals surface area (Å²) in [4.78, 5) is 31.1. The topological polar surface area (TPSA) is 71.5 Å². The van der Waals surface area contributed by atoms with Crippen LogP contribution in [0, 0.1) is 0 Å². The molecule has 29 heavy (non-hydrogen) atoms. The molecule has 0 unspecified atom stereocenters. The van der Waals surface area contributed by atoms with Crippen LogP contribution in [-0.4, -0.2) is 34.8 Å². The second-order valence-electron chi connectivity index (χ2n) is 6.80. The summed E-state index contributed by atoms with van der Waals surface area (Å²) < 4.78 is 5.75. The minimum atomic E-state index is -0.363. The van der Waals surface area contributed by atoms with Gasteiger partial charge in [-0.1, -0.05) is 24.3 Å². The van der Waals surface area contributed by atoms with E-state index in [0.717, 1.165) is 31.7 Å². The van der Waals surface area contributed by atoms with Gasteiger partial charge in [0.15, 0.2) is 0 Å². The molecule has 2 aromatic carbocycles. The van der Waals surface area contributed by atoms with Crippen LogP contribution in [0.2, 0.25) is 0 Å². The Bertz CT molecular complexity index is 997. The number of para-hydroxylation sites is 1. The number of rotatable bonds is 5. The van der Waals surface area contributed by atoms with Crippen molar-refractivity contribution in [1.29, 1.82) is 0 Å². The molecule has 0 radical (unpaired) electrons. The summed E-state index contributed by atoms with van der Waals surface area (Å²) in [5, 5.41) is 2.80. The lowest BCUT2D eigenvalue weighted by molar-refractivity contribution is 0.0787. The first-order valence-corrected chi connectivity index (χ1v) is 9.60. The molecule has 6 heteroatoms. The van der Waals surface area contributed by atoms with Crippen LogP contribution < -0.4 is 10.1 Å². The highest BCUT2D eigenvalue weighted by atomic mass is 16.5. The Morgan fingerprint density at radius 2 is 1.45 bits per heavy atom. The minimum absolute atomic E-state index is 0.125. The fraction of sp³-hybridized carbons (Fsp3) is 0.174. The SMILES string of the molecule is O=C(Nc1ccc(Oc2ccccc2)cc1)c1cccc(C(=O)N2CCCC2)n1. The van der Waals surface area contributed by atoms with E-state index in [1.807, 2.05) is 30.3 Å². The lowest BCUT2D eigenvalue weighted by atomic mass is 10.2. The number of hydrogen-bond acceptors (Lipinski definition) is 4. The van der Waals surface area contributed by atoms with E-state index >= 15 is 0 Å². The number of nitrogens with zero attached hydrogens (tertiary/aromatic N) is 2. The Labute approximate surface area is 169 Å². The van der Waals surface area contributed by atoms with Crippen LogP contribution in [0.5, 0.6) is 11.5 Å². The molecule has 1 aliphatic rings. The molecule has 2 heterocycles. The third-order valence-electron chi connectivity index (χ3n) is 4.69. The van der Waals surface area contributed by atoms with E-state index in [1.54, 1.807) is 47.4 Å². The van der Waals surface area contributed by atoms with Gasteiger partial charge in [0.1, 0.15) is 22.9 Å². The number of carbonyl (C=O) groups is 2. The number of ether oxygens (including phenoxy) is 1. The Morgan fingerprint density at radius 3 is 2.17 bits per heavy atom. The summed E-state index contributed by atoms with van der Waals surface area (Å²) in [6, 6.07) is 21.5. The van der Waals surface area contributed by atoms with Crippen molar-refractivity contribution in [1.82, 2.24) is 9.88 Å². The monoisotopic (exact) mass is 387 g/mol. The molecule has 2 amide bonds. The van der Waals surface area contributed by atoms with E-state index in [0.29, 0.717) is 17.1 Å². The van der Waals surface area contributed by atoms with Crippen LogP contribution >= 0.6 is 0 Å². The third kappa shape index (κ3) is 4.60. The summed E-state index contributed by atoms with van der Waals surface area (Å²) >= 11 is 0. The summed E-state index contributed by atoms with van der Waals surface area (Å²) in [6.45, 7) is 1.49. The highest BCUT2D eigenvalue weighted by Gasteiger charge is 2.21. The maximum Gasteiger partial charge on any atom is 0.274 e. The molecule has 0 aliphatic carbocycles. The molecule has 3 aromatic rings. The Hall–Kier alpha value is -3.67. The highest BCUT2D eigenvalue weighted by molar-refractivity contribution is 6.03. The van der Waals surface area contributed by atoms with Crippen molar-refractivity contribution in [2.75, 3.05) is 18.4 Å². The van der Waals surface area contributed by atoms with Crippen molar-refractivity contribution in [3.8, 4) is 11.5 Å². The van der Waals surface area contributed by atoms with Gasteiger partial charge in [-0.2, -0.15) is 0 Å². The molecule has 4 rings (SSSR count). The largest absolute Gasteiger partial charge is 0.457 e. The first-order chi connectivity index (χ1) is 14.2. The number of pyridine rings is 1. The molecule has 0 saturated carbocycles. The molecule has 1 fully saturated rings. The molecule has 1 aromatic heterocycles. The van der Waals surface area contributed by atoms with E-state index < -0.39 is 0 Å². The molecule has 1 N–H and O–H groups in total. The predicted molar refractivity (Wildman–Crippen MR) is 110 cm³/mol. The van der Waals surface area contributed by atoms with Gasteiger partial charge in [-0.15, -0.1) is 0 Å². The first kappa shape index (κ1) is 18.7. The smallest absolute Gasteiger partial charge is 0.274 e. The molecule has 6 nitrogen and oxygen atoms in total. The number of likely N-dealkylation sites (tertiary alicyclic amines) is 1. The molecule has 0 atom stereocenters. The molecule has 1 aliphatic heterocycles. The number of anilines is 1. The normalized spacial score (nSPS) is 13.2. The van der Waals surface area contributed by atoms with Gasteiger partial charge in [-0.3, -0.25) is 9.59 Å². The number of nitrogens with one attached hydrogen (secondary N) is 1. The van der Waals surface area contributed by atoms with Crippen LogP contribution in [0.25, 0.3) is 0 Å². The van der Waals surface area contributed by atoms with Crippen LogP contribution in [0.4, 0.5) is 5.69 Å². The van der Waals surface area contributed by atoms with E-state index in [2.05, 4.69) is 10.3 Å². The maximum atomic E-state index is 12.6. The standard InChI is InChI=1S/C23H21N3O3/c27-22(20-9-6-10-21(25-20)23(28)26-15-4-5-16-26)24-17-11-13-19(14-12-17)29-18-7-2-1-3-8-18/h1-3,6-14H,4-5,15-16H2,(H,24,27). The molecule has 146 valence electrons. The fourth-order valence-electron chi connectivity index (χ4n) is 3.19. The zero-order chi connectivity index (χ0) is 20.1. The van der Waals surface area contributed by atoms with Crippen molar-refractivity contribution in [3.63, 3.8) is 0 Å². The third-order valence-corrected chi connectivity index (χ3v) is 4.69. The zero-order valence-electron chi connectivity index (χ0n) is 15.9. The summed E-state index contributed by atoms with van der Waals surface area (Å²) in [7, 11) is 0. The quantitative estimate of drug-likeness (QED) is 0.706. The highest BCUT2D eigenvalue weighted by Crippen LogP contribution is 2.23. The Balaban J connectivity index is 1.41. The average molecular weight is 387 g/mol. The van der Waals surface area contributed by atoms with Gasteiger partial charge in [0.2, 0.25) is 0 Å². The van der Waals surface area contributed by atoms with Crippen molar-refractivity contribution >= 4 is 17.5 Å². The lowest BCUT2D eigenvalue weighted by Gasteiger charge is -2.14. The predicted octanol–water partition coefficient (Wildman–Crippen LogP) is 4.36. The van der Waals surface area contributed by atoms with Gasteiger partial charge in [0, 0.05) is 18.8 Å². The van der Waals surface area contributed by atoms with Gasteiger partial charge in [-0.05, 0) is 61.4 Å². The van der Waals surface area contributed by atoms with Gasteiger partial charge < -0.3 is 15.0 Å². The second kappa shape index (κ2) is 8.56. The molecule has 1 saturated heterocycles. The first-order valence-electron chi connectivity index (χ1n) is 9.60. The number of hydrogen-bond donors (Lipinski definition) is 1. The van der Waals surface area contributed by atoms with E-state index in [1.165, 1.54) is 0 Å². The van der Waals surface area contributed by atoms with Crippen molar-refractivity contribution < 1.29 is 14.3 Å². The molecule has 0 spiro atoms. The Morgan fingerprint density at radius 1 is 0.793 bits per heavy atom. The van der Waals surface area contributed by atoms with Crippen molar-refractivity contribution in [3.05, 3.63) is 84.2 Å². The van der Waals surface area contributed by atoms with Crippen LogP contribution in [0.15, 0.2) is 72.8 Å². The number of benzene rings is 2. The van der Waals surface area contributed by atoms with E-state index in [-0.39, 0.29) is 17.5 Å². The van der Waals surface area contributed by atoms with Crippen LogP contribution in [-0.2, 0) is 0 Å². The maximum absolute atomic E-state index is 12.6. The van der Waals surface area contributed by atoms with Crippen LogP contribution in [0.1, 0.15) is 33.8 Å². The number of amides is 2.